The van der Waals surface area contributed by atoms with Crippen LogP contribution in [0.5, 0.6) is 0 Å². The Kier molecular flexibility index (Phi) is 6.28. The van der Waals surface area contributed by atoms with E-state index in [2.05, 4.69) is 0 Å². The standard InChI is InChI=1S/C17H23NO4/c1-13(20)15(12-14-8-6-5-7-9-14)18(10-11-19)16(21)22-17(2,3)4/h5-9,11,15H,10,12H2,1-4H3/t15-/m1/s1. The number of hydrogen-bond donors (Lipinski definition) is 0. The zero-order chi connectivity index (χ0) is 16.8. The summed E-state index contributed by atoms with van der Waals surface area (Å²) in [4.78, 5) is 36.3. The Hall–Kier alpha value is -2.17. The van der Waals surface area contributed by atoms with Crippen LogP contribution < -0.4 is 0 Å². The average Bonchev–Trinajstić information content (AvgIpc) is 2.41. The smallest absolute Gasteiger partial charge is 0.411 e. The molecule has 5 heteroatoms. The van der Waals surface area contributed by atoms with Crippen molar-refractivity contribution in [2.24, 2.45) is 0 Å². The van der Waals surface area contributed by atoms with E-state index in [-0.39, 0.29) is 12.3 Å². The summed E-state index contributed by atoms with van der Waals surface area (Å²) in [6, 6.07) is 8.65. The molecule has 0 N–H and O–H groups in total. The van der Waals surface area contributed by atoms with Gasteiger partial charge in [0.15, 0.2) is 5.78 Å². The zero-order valence-electron chi connectivity index (χ0n) is 13.5. The summed E-state index contributed by atoms with van der Waals surface area (Å²) in [5.74, 6) is -0.184. The van der Waals surface area contributed by atoms with E-state index < -0.39 is 17.7 Å². The first-order valence-electron chi connectivity index (χ1n) is 7.22. The van der Waals surface area contributed by atoms with Crippen LogP contribution in [0.15, 0.2) is 30.3 Å². The first kappa shape index (κ1) is 17.9. The first-order valence-corrected chi connectivity index (χ1v) is 7.22. The molecule has 1 atom stereocenters. The van der Waals surface area contributed by atoms with Gasteiger partial charge in [0, 0.05) is 6.42 Å². The molecular weight excluding hydrogens is 282 g/mol. The second kappa shape index (κ2) is 7.73. The summed E-state index contributed by atoms with van der Waals surface area (Å²) in [6.07, 6.45) is 0.296. The summed E-state index contributed by atoms with van der Waals surface area (Å²) in [6.45, 7) is 6.46. The lowest BCUT2D eigenvalue weighted by atomic mass is 10.0. The number of nitrogens with zero attached hydrogens (tertiary/aromatic N) is 1. The van der Waals surface area contributed by atoms with Crippen LogP contribution in [0.1, 0.15) is 33.3 Å². The van der Waals surface area contributed by atoms with Crippen molar-refractivity contribution in [2.75, 3.05) is 6.54 Å². The molecular formula is C17H23NO4. The number of benzene rings is 1. The molecule has 120 valence electrons. The highest BCUT2D eigenvalue weighted by Crippen LogP contribution is 2.15. The fourth-order valence-electron chi connectivity index (χ4n) is 2.04. The van der Waals surface area contributed by atoms with Gasteiger partial charge in [-0.2, -0.15) is 0 Å². The largest absolute Gasteiger partial charge is 0.444 e. The van der Waals surface area contributed by atoms with Crippen molar-refractivity contribution in [2.45, 2.75) is 45.8 Å². The Morgan fingerprint density at radius 1 is 1.23 bits per heavy atom. The van der Waals surface area contributed by atoms with E-state index in [1.807, 2.05) is 30.3 Å². The molecule has 1 aromatic rings. The molecule has 22 heavy (non-hydrogen) atoms. The third-order valence-electron chi connectivity index (χ3n) is 3.02. The van der Waals surface area contributed by atoms with Crippen LogP contribution in [0, 0.1) is 0 Å². The lowest BCUT2D eigenvalue weighted by Gasteiger charge is -2.31. The number of carbonyl (C=O) groups excluding carboxylic acids is 3. The van der Waals surface area contributed by atoms with Crippen LogP contribution in [0.4, 0.5) is 4.79 Å². The topological polar surface area (TPSA) is 63.7 Å². The Labute approximate surface area is 131 Å². The normalized spacial score (nSPS) is 12.4. The summed E-state index contributed by atoms with van der Waals surface area (Å²) in [7, 11) is 0. The maximum atomic E-state index is 12.3. The molecule has 0 aromatic heterocycles. The van der Waals surface area contributed by atoms with Crippen LogP contribution in [0.2, 0.25) is 0 Å². The minimum atomic E-state index is -0.720. The third kappa shape index (κ3) is 5.68. The fraction of sp³-hybridized carbons (Fsp3) is 0.471. The summed E-state index contributed by atoms with van der Waals surface area (Å²) in [5, 5.41) is 0. The zero-order valence-corrected chi connectivity index (χ0v) is 13.5. The minimum absolute atomic E-state index is 0.175. The molecule has 5 nitrogen and oxygen atoms in total. The van der Waals surface area contributed by atoms with Crippen molar-refractivity contribution in [1.82, 2.24) is 4.90 Å². The quantitative estimate of drug-likeness (QED) is 0.758. The molecule has 0 saturated carbocycles. The Bertz CT molecular complexity index is 519. The third-order valence-corrected chi connectivity index (χ3v) is 3.02. The molecule has 0 spiro atoms. The fourth-order valence-corrected chi connectivity index (χ4v) is 2.04. The van der Waals surface area contributed by atoms with Gasteiger partial charge in [0.05, 0.1) is 12.6 Å². The summed E-state index contributed by atoms with van der Waals surface area (Å²) in [5.41, 5.74) is 0.230. The Morgan fingerprint density at radius 3 is 2.27 bits per heavy atom. The van der Waals surface area contributed by atoms with E-state index in [1.54, 1.807) is 20.8 Å². The molecule has 0 fully saturated rings. The molecule has 1 amide bonds. The SMILES string of the molecule is CC(=O)[C@@H](Cc1ccccc1)N(CC=O)C(=O)OC(C)(C)C. The Balaban J connectivity index is 2.99. The average molecular weight is 305 g/mol. The van der Waals surface area contributed by atoms with Crippen LogP contribution in [0.3, 0.4) is 0 Å². The summed E-state index contributed by atoms with van der Waals surface area (Å²) < 4.78 is 5.30. The van der Waals surface area contributed by atoms with E-state index in [4.69, 9.17) is 4.74 Å². The van der Waals surface area contributed by atoms with Gasteiger partial charge < -0.3 is 9.53 Å². The van der Waals surface area contributed by atoms with Gasteiger partial charge in [-0.15, -0.1) is 0 Å². The van der Waals surface area contributed by atoms with Gasteiger partial charge in [-0.3, -0.25) is 9.69 Å². The van der Waals surface area contributed by atoms with E-state index in [9.17, 15) is 14.4 Å². The lowest BCUT2D eigenvalue weighted by Crippen LogP contribution is -2.48. The minimum Gasteiger partial charge on any atom is -0.444 e. The highest BCUT2D eigenvalue weighted by Gasteiger charge is 2.30. The molecule has 1 aromatic carbocycles. The van der Waals surface area contributed by atoms with Crippen molar-refractivity contribution >= 4 is 18.2 Å². The molecule has 0 saturated heterocycles. The molecule has 0 heterocycles. The van der Waals surface area contributed by atoms with Crippen molar-refractivity contribution in [3.63, 3.8) is 0 Å². The van der Waals surface area contributed by atoms with Gasteiger partial charge in [-0.25, -0.2) is 4.79 Å². The number of carbonyl (C=O) groups is 3. The number of ketones is 1. The van der Waals surface area contributed by atoms with E-state index in [0.717, 1.165) is 5.56 Å². The number of rotatable bonds is 6. The first-order chi connectivity index (χ1) is 10.2. The number of ether oxygens (including phenoxy) is 1. The molecule has 0 aliphatic heterocycles. The highest BCUT2D eigenvalue weighted by atomic mass is 16.6. The second-order valence-electron chi connectivity index (χ2n) is 6.12. The predicted molar refractivity (Wildman–Crippen MR) is 83.6 cm³/mol. The molecule has 0 bridgehead atoms. The van der Waals surface area contributed by atoms with E-state index >= 15 is 0 Å². The van der Waals surface area contributed by atoms with Gasteiger partial charge in [-0.05, 0) is 33.3 Å². The van der Waals surface area contributed by atoms with Gasteiger partial charge in [0.1, 0.15) is 11.9 Å². The maximum absolute atomic E-state index is 12.3. The van der Waals surface area contributed by atoms with Gasteiger partial charge >= 0.3 is 6.09 Å². The second-order valence-corrected chi connectivity index (χ2v) is 6.12. The number of hydrogen-bond acceptors (Lipinski definition) is 4. The van der Waals surface area contributed by atoms with Crippen LogP contribution in [-0.4, -0.2) is 41.3 Å². The van der Waals surface area contributed by atoms with Gasteiger partial charge in [0.25, 0.3) is 0 Å². The lowest BCUT2D eigenvalue weighted by molar-refractivity contribution is -0.122. The van der Waals surface area contributed by atoms with Gasteiger partial charge in [-0.1, -0.05) is 30.3 Å². The van der Waals surface area contributed by atoms with Crippen molar-refractivity contribution in [1.29, 1.82) is 0 Å². The number of amides is 1. The highest BCUT2D eigenvalue weighted by molar-refractivity contribution is 5.86. The predicted octanol–water partition coefficient (Wildman–Crippen LogP) is 2.62. The summed E-state index contributed by atoms with van der Waals surface area (Å²) >= 11 is 0. The van der Waals surface area contributed by atoms with Crippen molar-refractivity contribution in [3.05, 3.63) is 35.9 Å². The maximum Gasteiger partial charge on any atom is 0.411 e. The Morgan fingerprint density at radius 2 is 1.82 bits per heavy atom. The van der Waals surface area contributed by atoms with E-state index in [0.29, 0.717) is 12.7 Å². The molecule has 0 unspecified atom stereocenters. The number of aldehydes is 1. The molecule has 1 rings (SSSR count). The van der Waals surface area contributed by atoms with E-state index in [1.165, 1.54) is 11.8 Å². The molecule has 0 aliphatic carbocycles. The van der Waals surface area contributed by atoms with Crippen LogP contribution in [-0.2, 0) is 20.7 Å². The van der Waals surface area contributed by atoms with Crippen LogP contribution in [0.25, 0.3) is 0 Å². The molecule has 0 radical (unpaired) electrons. The molecule has 0 aliphatic rings. The number of Topliss-reactive ketones (excluding diaryl/α,β-unsaturated/α-hetero) is 1. The van der Waals surface area contributed by atoms with Crippen LogP contribution >= 0.6 is 0 Å². The van der Waals surface area contributed by atoms with Gasteiger partial charge in [0.2, 0.25) is 0 Å². The monoisotopic (exact) mass is 305 g/mol. The van der Waals surface area contributed by atoms with Crippen molar-refractivity contribution in [3.8, 4) is 0 Å². The van der Waals surface area contributed by atoms with Crippen molar-refractivity contribution < 1.29 is 19.1 Å².